The number of hydrogen-bond acceptors (Lipinski definition) is 3. The van der Waals surface area contributed by atoms with E-state index >= 15 is 0 Å². The van der Waals surface area contributed by atoms with Crippen molar-refractivity contribution in [1.82, 2.24) is 0 Å². The fourth-order valence-corrected chi connectivity index (χ4v) is 2.50. The first-order valence-electron chi connectivity index (χ1n) is 7.31. The second-order valence-corrected chi connectivity index (χ2v) is 5.45. The number of benzene rings is 2. The maximum Gasteiger partial charge on any atom is 0.136 e. The van der Waals surface area contributed by atoms with Gasteiger partial charge in [-0.3, -0.25) is 0 Å². The first-order chi connectivity index (χ1) is 11.3. The van der Waals surface area contributed by atoms with Gasteiger partial charge in [-0.05, 0) is 42.0 Å². The van der Waals surface area contributed by atoms with E-state index in [2.05, 4.69) is 6.58 Å². The quantitative estimate of drug-likeness (QED) is 0.432. The van der Waals surface area contributed by atoms with Gasteiger partial charge in [-0.15, -0.1) is 0 Å². The Morgan fingerprint density at radius 3 is 2.61 bits per heavy atom. The van der Waals surface area contributed by atoms with Gasteiger partial charge in [0.2, 0.25) is 0 Å². The Balaban J connectivity index is 1.82. The van der Waals surface area contributed by atoms with Crippen molar-refractivity contribution in [2.45, 2.75) is 0 Å². The van der Waals surface area contributed by atoms with Gasteiger partial charge in [0.15, 0.2) is 0 Å². The van der Waals surface area contributed by atoms with Gasteiger partial charge >= 0.3 is 0 Å². The Bertz CT molecular complexity index is 905. The van der Waals surface area contributed by atoms with Crippen LogP contribution < -0.4 is 4.74 Å². The van der Waals surface area contributed by atoms with Crippen LogP contribution in [0.2, 0.25) is 0 Å². The van der Waals surface area contributed by atoms with Gasteiger partial charge in [0.25, 0.3) is 0 Å². The average molecular weight is 320 g/mol. The summed E-state index contributed by atoms with van der Waals surface area (Å²) in [5.41, 5.74) is 1.86. The summed E-state index contributed by atoms with van der Waals surface area (Å²) < 4.78 is 12.1. The van der Waals surface area contributed by atoms with Crippen LogP contribution in [0.15, 0.2) is 71.7 Å². The lowest BCUT2D eigenvalue weighted by Crippen LogP contribution is -1.91. The number of ether oxygens (including phenoxy) is 1. The van der Waals surface area contributed by atoms with Crippen LogP contribution in [0.25, 0.3) is 23.1 Å². The fourth-order valence-electron chi connectivity index (χ4n) is 2.21. The lowest BCUT2D eigenvalue weighted by molar-refractivity contribution is 0.363. The third-order valence-electron chi connectivity index (χ3n) is 3.34. The molecule has 1 aromatic heterocycles. The Labute approximate surface area is 140 Å². The summed E-state index contributed by atoms with van der Waals surface area (Å²) in [4.78, 5) is 0. The van der Waals surface area contributed by atoms with Crippen molar-refractivity contribution in [3.8, 4) is 5.75 Å². The average Bonchev–Trinajstić information content (AvgIpc) is 2.59. The Hall–Kier alpha value is -2.65. The van der Waals surface area contributed by atoms with Gasteiger partial charge in [0, 0.05) is 5.39 Å². The molecule has 3 aromatic rings. The van der Waals surface area contributed by atoms with E-state index < -0.39 is 0 Å². The van der Waals surface area contributed by atoms with Crippen LogP contribution in [0, 0.1) is 4.51 Å². The van der Waals surface area contributed by atoms with E-state index in [9.17, 15) is 0 Å². The number of hydrogen-bond donors (Lipinski definition) is 0. The van der Waals surface area contributed by atoms with Crippen LogP contribution in [-0.2, 0) is 0 Å². The van der Waals surface area contributed by atoms with Crippen LogP contribution in [0.1, 0.15) is 11.3 Å². The van der Waals surface area contributed by atoms with Gasteiger partial charge in [0.05, 0.1) is 4.51 Å². The standard InChI is InChI=1S/C20H16O2S/c1-2-13-21-16-10-7-15(8-11-16)9-12-17-14-20(23)18-5-3-4-6-19(18)22-17/h2-12,14H,1,13H2/b12-9+. The minimum atomic E-state index is 0.507. The summed E-state index contributed by atoms with van der Waals surface area (Å²) in [7, 11) is 0. The highest BCUT2D eigenvalue weighted by Crippen LogP contribution is 2.20. The third-order valence-corrected chi connectivity index (χ3v) is 3.68. The van der Waals surface area contributed by atoms with Crippen LogP contribution >= 0.6 is 12.2 Å². The minimum Gasteiger partial charge on any atom is -0.490 e. The highest BCUT2D eigenvalue weighted by molar-refractivity contribution is 7.71. The van der Waals surface area contributed by atoms with E-state index in [1.54, 1.807) is 6.08 Å². The molecule has 114 valence electrons. The predicted molar refractivity (Wildman–Crippen MR) is 98.1 cm³/mol. The lowest BCUT2D eigenvalue weighted by atomic mass is 10.2. The molecule has 3 heteroatoms. The van der Waals surface area contributed by atoms with Crippen LogP contribution in [0.5, 0.6) is 5.75 Å². The molecule has 0 spiro atoms. The van der Waals surface area contributed by atoms with Crippen molar-refractivity contribution in [1.29, 1.82) is 0 Å². The topological polar surface area (TPSA) is 22.4 Å². The Kier molecular flexibility index (Phi) is 4.69. The predicted octanol–water partition coefficient (Wildman–Crippen LogP) is 5.90. The molecule has 23 heavy (non-hydrogen) atoms. The molecule has 0 radical (unpaired) electrons. The molecule has 2 nitrogen and oxygen atoms in total. The van der Waals surface area contributed by atoms with E-state index in [0.717, 1.165) is 32.6 Å². The molecule has 0 aliphatic carbocycles. The van der Waals surface area contributed by atoms with E-state index in [0.29, 0.717) is 6.61 Å². The SMILES string of the molecule is C=CCOc1ccc(/C=C/c2cc(=S)c3ccccc3o2)cc1. The molecule has 0 unspecified atom stereocenters. The first-order valence-corrected chi connectivity index (χ1v) is 7.72. The summed E-state index contributed by atoms with van der Waals surface area (Å²) in [5, 5.41) is 0.961. The van der Waals surface area contributed by atoms with Gasteiger partial charge in [0.1, 0.15) is 23.7 Å². The fraction of sp³-hybridized carbons (Fsp3) is 0.0500. The monoisotopic (exact) mass is 320 g/mol. The summed E-state index contributed by atoms with van der Waals surface area (Å²) in [6.07, 6.45) is 5.63. The molecule has 0 amide bonds. The molecule has 2 aromatic carbocycles. The van der Waals surface area contributed by atoms with Gasteiger partial charge in [-0.25, -0.2) is 0 Å². The van der Waals surface area contributed by atoms with Crippen molar-refractivity contribution in [3.63, 3.8) is 0 Å². The summed E-state index contributed by atoms with van der Waals surface area (Å²) in [5.74, 6) is 1.56. The molecule has 3 rings (SSSR count). The zero-order valence-electron chi connectivity index (χ0n) is 12.6. The molecule has 0 saturated heterocycles. The molecule has 0 atom stereocenters. The molecule has 0 fully saturated rings. The van der Waals surface area contributed by atoms with E-state index in [1.165, 1.54) is 0 Å². The highest BCUT2D eigenvalue weighted by atomic mass is 32.1. The van der Waals surface area contributed by atoms with Crippen molar-refractivity contribution in [3.05, 3.63) is 83.1 Å². The highest BCUT2D eigenvalue weighted by Gasteiger charge is 1.99. The number of para-hydroxylation sites is 1. The van der Waals surface area contributed by atoms with Crippen LogP contribution in [0.4, 0.5) is 0 Å². The smallest absolute Gasteiger partial charge is 0.136 e. The maximum atomic E-state index is 5.85. The maximum absolute atomic E-state index is 5.85. The first kappa shape index (κ1) is 15.3. The zero-order chi connectivity index (χ0) is 16.1. The van der Waals surface area contributed by atoms with Gasteiger partial charge in [-0.2, -0.15) is 0 Å². The molecule has 1 heterocycles. The summed E-state index contributed by atoms with van der Waals surface area (Å²) >= 11 is 5.41. The van der Waals surface area contributed by atoms with E-state index in [1.807, 2.05) is 66.7 Å². The molecule has 0 N–H and O–H groups in total. The minimum absolute atomic E-state index is 0.507. The normalized spacial score (nSPS) is 11.0. The zero-order valence-corrected chi connectivity index (χ0v) is 13.4. The van der Waals surface area contributed by atoms with Gasteiger partial charge in [-0.1, -0.05) is 55.2 Å². The lowest BCUT2D eigenvalue weighted by Gasteiger charge is -2.03. The number of rotatable bonds is 5. The largest absolute Gasteiger partial charge is 0.490 e. The molecule has 0 aliphatic heterocycles. The van der Waals surface area contributed by atoms with Crippen molar-refractivity contribution >= 4 is 35.3 Å². The molecule has 0 aliphatic rings. The van der Waals surface area contributed by atoms with Crippen LogP contribution in [0.3, 0.4) is 0 Å². The molecular weight excluding hydrogens is 304 g/mol. The summed E-state index contributed by atoms with van der Waals surface area (Å²) in [6.45, 7) is 4.14. The second-order valence-electron chi connectivity index (χ2n) is 5.01. The van der Waals surface area contributed by atoms with Gasteiger partial charge < -0.3 is 9.15 Å². The number of fused-ring (bicyclic) bond motifs is 1. The van der Waals surface area contributed by atoms with E-state index in [4.69, 9.17) is 21.4 Å². The summed E-state index contributed by atoms with van der Waals surface area (Å²) in [6, 6.07) is 17.5. The Morgan fingerprint density at radius 2 is 1.83 bits per heavy atom. The molecule has 0 bridgehead atoms. The van der Waals surface area contributed by atoms with Crippen molar-refractivity contribution in [2.75, 3.05) is 6.61 Å². The Morgan fingerprint density at radius 1 is 1.04 bits per heavy atom. The van der Waals surface area contributed by atoms with E-state index in [-0.39, 0.29) is 0 Å². The van der Waals surface area contributed by atoms with Crippen molar-refractivity contribution in [2.24, 2.45) is 0 Å². The molecular formula is C20H16O2S. The van der Waals surface area contributed by atoms with Crippen molar-refractivity contribution < 1.29 is 9.15 Å². The van der Waals surface area contributed by atoms with Crippen LogP contribution in [-0.4, -0.2) is 6.61 Å². The molecule has 0 saturated carbocycles. The third kappa shape index (κ3) is 3.76. The second kappa shape index (κ2) is 7.07.